The Hall–Kier alpha value is -3.28. The number of pyridine rings is 1. The van der Waals surface area contributed by atoms with Crippen LogP contribution in [0.1, 0.15) is 5.56 Å². The number of fused-ring (bicyclic) bond motifs is 1. The van der Waals surface area contributed by atoms with Gasteiger partial charge in [-0.25, -0.2) is 19.3 Å². The molecule has 4 rings (SSSR count). The molecule has 0 aliphatic heterocycles. The molecule has 0 bridgehead atoms. The van der Waals surface area contributed by atoms with Crippen molar-refractivity contribution in [2.45, 2.75) is 6.92 Å². The molecule has 5 nitrogen and oxygen atoms in total. The largest absolute Gasteiger partial charge is 0.493 e. The fourth-order valence-electron chi connectivity index (χ4n) is 2.76. The van der Waals surface area contributed by atoms with Crippen molar-refractivity contribution in [3.05, 3.63) is 60.2 Å². The van der Waals surface area contributed by atoms with Crippen molar-refractivity contribution in [2.24, 2.45) is 0 Å². The van der Waals surface area contributed by atoms with Gasteiger partial charge in [0.05, 0.1) is 18.9 Å². The predicted octanol–water partition coefficient (Wildman–Crippen LogP) is 4.41. The summed E-state index contributed by atoms with van der Waals surface area (Å²) in [7, 11) is 1.44. The van der Waals surface area contributed by atoms with E-state index in [4.69, 9.17) is 9.15 Å². The molecule has 6 heteroatoms. The van der Waals surface area contributed by atoms with Crippen LogP contribution in [0, 0.1) is 12.7 Å². The first kappa shape index (κ1) is 15.3. The van der Waals surface area contributed by atoms with E-state index in [0.717, 1.165) is 5.39 Å². The molecule has 0 radical (unpaired) electrons. The van der Waals surface area contributed by atoms with Gasteiger partial charge in [0.15, 0.2) is 28.8 Å². The molecule has 0 fully saturated rings. The summed E-state index contributed by atoms with van der Waals surface area (Å²) >= 11 is 0. The summed E-state index contributed by atoms with van der Waals surface area (Å²) in [6.45, 7) is 1.78. The first-order valence-corrected chi connectivity index (χ1v) is 7.69. The quantitative estimate of drug-likeness (QED) is 0.555. The van der Waals surface area contributed by atoms with Crippen molar-refractivity contribution in [1.82, 2.24) is 15.0 Å². The molecule has 0 spiro atoms. The maximum absolute atomic E-state index is 14.8. The zero-order valence-corrected chi connectivity index (χ0v) is 13.7. The van der Waals surface area contributed by atoms with Gasteiger partial charge in [-0.2, -0.15) is 0 Å². The SMILES string of the molecule is COc1c(C)ccc(-c2nc(-c3ccco3)c3cccnc3n2)c1F. The van der Waals surface area contributed by atoms with Gasteiger partial charge in [-0.15, -0.1) is 0 Å². The van der Waals surface area contributed by atoms with Crippen molar-refractivity contribution >= 4 is 11.0 Å². The van der Waals surface area contributed by atoms with Gasteiger partial charge in [0.1, 0.15) is 5.69 Å². The lowest BCUT2D eigenvalue weighted by atomic mass is 10.1. The third kappa shape index (κ3) is 2.52. The Balaban J connectivity index is 2.01. The summed E-state index contributed by atoms with van der Waals surface area (Å²) in [5, 5.41) is 0.737. The van der Waals surface area contributed by atoms with Gasteiger partial charge in [-0.3, -0.25) is 0 Å². The highest BCUT2D eigenvalue weighted by Crippen LogP contribution is 2.33. The molecule has 0 atom stereocenters. The Morgan fingerprint density at radius 3 is 2.72 bits per heavy atom. The number of halogens is 1. The van der Waals surface area contributed by atoms with Crippen molar-refractivity contribution in [3.8, 4) is 28.6 Å². The third-order valence-electron chi connectivity index (χ3n) is 3.96. The normalized spacial score (nSPS) is 11.0. The second kappa shape index (κ2) is 5.98. The number of methoxy groups -OCH3 is 1. The van der Waals surface area contributed by atoms with E-state index in [9.17, 15) is 4.39 Å². The molecule has 0 aliphatic rings. The molecule has 3 aromatic heterocycles. The maximum atomic E-state index is 14.8. The summed E-state index contributed by atoms with van der Waals surface area (Å²) in [5.41, 5.74) is 1.99. The van der Waals surface area contributed by atoms with Crippen LogP contribution in [0.25, 0.3) is 33.9 Å². The molecule has 3 heterocycles. The smallest absolute Gasteiger partial charge is 0.176 e. The second-order valence-electron chi connectivity index (χ2n) is 5.52. The Labute approximate surface area is 143 Å². The van der Waals surface area contributed by atoms with Crippen LogP contribution in [0.2, 0.25) is 0 Å². The molecule has 4 aromatic rings. The molecule has 0 aliphatic carbocycles. The lowest BCUT2D eigenvalue weighted by Crippen LogP contribution is -2.00. The Morgan fingerprint density at radius 2 is 1.96 bits per heavy atom. The van der Waals surface area contributed by atoms with Gasteiger partial charge in [0, 0.05) is 11.6 Å². The molecule has 0 unspecified atom stereocenters. The van der Waals surface area contributed by atoms with Crippen molar-refractivity contribution in [1.29, 1.82) is 0 Å². The fraction of sp³-hybridized carbons (Fsp3) is 0.105. The van der Waals surface area contributed by atoms with E-state index in [1.165, 1.54) is 7.11 Å². The average Bonchev–Trinajstić information content (AvgIpc) is 3.16. The monoisotopic (exact) mass is 335 g/mol. The third-order valence-corrected chi connectivity index (χ3v) is 3.96. The van der Waals surface area contributed by atoms with E-state index in [1.54, 1.807) is 49.7 Å². The van der Waals surface area contributed by atoms with Gasteiger partial charge in [0.25, 0.3) is 0 Å². The van der Waals surface area contributed by atoms with Crippen molar-refractivity contribution < 1.29 is 13.5 Å². The molecule has 25 heavy (non-hydrogen) atoms. The van der Waals surface area contributed by atoms with Crippen LogP contribution >= 0.6 is 0 Å². The molecular formula is C19H14FN3O2. The lowest BCUT2D eigenvalue weighted by Gasteiger charge is -2.11. The standard InChI is InChI=1S/C19H14FN3O2/c1-11-7-8-12(15(20)17(11)24-2)19-22-16(14-6-4-10-25-14)13-5-3-9-21-18(13)23-19/h3-10H,1-2H3. The van der Waals surface area contributed by atoms with Gasteiger partial charge in [0.2, 0.25) is 0 Å². The number of benzene rings is 1. The maximum Gasteiger partial charge on any atom is 0.176 e. The lowest BCUT2D eigenvalue weighted by molar-refractivity contribution is 0.384. The number of nitrogens with zero attached hydrogens (tertiary/aromatic N) is 3. The number of hydrogen-bond acceptors (Lipinski definition) is 5. The molecule has 0 saturated carbocycles. The minimum absolute atomic E-state index is 0.182. The van der Waals surface area contributed by atoms with E-state index in [0.29, 0.717) is 22.7 Å². The van der Waals surface area contributed by atoms with Crippen LogP contribution in [0.5, 0.6) is 5.75 Å². The van der Waals surface area contributed by atoms with E-state index in [-0.39, 0.29) is 17.1 Å². The molecule has 124 valence electrons. The minimum atomic E-state index is -0.497. The Morgan fingerprint density at radius 1 is 1.08 bits per heavy atom. The zero-order valence-electron chi connectivity index (χ0n) is 13.7. The highest BCUT2D eigenvalue weighted by Gasteiger charge is 2.19. The van der Waals surface area contributed by atoms with Crippen LogP contribution in [0.4, 0.5) is 4.39 Å². The number of rotatable bonds is 3. The first-order chi connectivity index (χ1) is 12.2. The second-order valence-corrected chi connectivity index (χ2v) is 5.52. The zero-order chi connectivity index (χ0) is 17.4. The summed E-state index contributed by atoms with van der Waals surface area (Å²) in [5.74, 6) is 0.486. The van der Waals surface area contributed by atoms with E-state index in [1.807, 2.05) is 6.07 Å². The average molecular weight is 335 g/mol. The number of furan rings is 1. The summed E-state index contributed by atoms with van der Waals surface area (Å²) in [4.78, 5) is 13.2. The van der Waals surface area contributed by atoms with E-state index >= 15 is 0 Å². The van der Waals surface area contributed by atoms with Crippen LogP contribution in [0.15, 0.2) is 53.3 Å². The highest BCUT2D eigenvalue weighted by molar-refractivity contribution is 5.90. The highest BCUT2D eigenvalue weighted by atomic mass is 19.1. The minimum Gasteiger partial charge on any atom is -0.493 e. The van der Waals surface area contributed by atoms with Crippen LogP contribution in [0.3, 0.4) is 0 Å². The van der Waals surface area contributed by atoms with Gasteiger partial charge < -0.3 is 9.15 Å². The summed E-state index contributed by atoms with van der Waals surface area (Å²) in [6, 6.07) is 10.6. The summed E-state index contributed by atoms with van der Waals surface area (Å²) in [6.07, 6.45) is 3.20. The molecular weight excluding hydrogens is 321 g/mol. The Bertz CT molecular complexity index is 1060. The number of aryl methyl sites for hydroxylation is 1. The first-order valence-electron chi connectivity index (χ1n) is 7.69. The number of hydrogen-bond donors (Lipinski definition) is 0. The van der Waals surface area contributed by atoms with Crippen LogP contribution < -0.4 is 4.74 Å². The van der Waals surface area contributed by atoms with Gasteiger partial charge >= 0.3 is 0 Å². The van der Waals surface area contributed by atoms with E-state index in [2.05, 4.69) is 15.0 Å². The van der Waals surface area contributed by atoms with Crippen LogP contribution in [-0.4, -0.2) is 22.1 Å². The van der Waals surface area contributed by atoms with Gasteiger partial charge in [-0.1, -0.05) is 6.07 Å². The molecule has 1 aromatic carbocycles. The molecule has 0 amide bonds. The predicted molar refractivity (Wildman–Crippen MR) is 91.7 cm³/mol. The summed E-state index contributed by atoms with van der Waals surface area (Å²) < 4.78 is 25.5. The van der Waals surface area contributed by atoms with Crippen LogP contribution in [-0.2, 0) is 0 Å². The molecule has 0 N–H and O–H groups in total. The number of aromatic nitrogens is 3. The molecule has 0 saturated heterocycles. The van der Waals surface area contributed by atoms with Crippen molar-refractivity contribution in [3.63, 3.8) is 0 Å². The van der Waals surface area contributed by atoms with Crippen molar-refractivity contribution in [2.75, 3.05) is 7.11 Å². The van der Waals surface area contributed by atoms with Gasteiger partial charge in [-0.05, 0) is 42.8 Å². The topological polar surface area (TPSA) is 61.0 Å². The fourth-order valence-corrected chi connectivity index (χ4v) is 2.76. The number of ether oxygens (including phenoxy) is 1. The van der Waals surface area contributed by atoms with E-state index < -0.39 is 5.82 Å². The Kier molecular flexibility index (Phi) is 3.65.